The van der Waals surface area contributed by atoms with Gasteiger partial charge < -0.3 is 10.0 Å². The highest BCUT2D eigenvalue weighted by molar-refractivity contribution is 5.44. The molecule has 0 spiro atoms. The predicted octanol–water partition coefficient (Wildman–Crippen LogP) is 2.79. The minimum absolute atomic E-state index is 0.0915. The van der Waals surface area contributed by atoms with Crippen molar-refractivity contribution in [2.75, 3.05) is 18.0 Å². The quantitative estimate of drug-likeness (QED) is 0.893. The molecule has 2 heterocycles. The summed E-state index contributed by atoms with van der Waals surface area (Å²) in [6.07, 6.45) is 0. The fourth-order valence-electron chi connectivity index (χ4n) is 2.46. The average Bonchev–Trinajstić information content (AvgIpc) is 2.69. The van der Waals surface area contributed by atoms with Crippen LogP contribution in [0.15, 0.2) is 12.1 Å². The largest absolute Gasteiger partial charge is 0.392 e. The molecule has 1 N–H and O–H groups in total. The van der Waals surface area contributed by atoms with Gasteiger partial charge in [0.25, 0.3) is 0 Å². The molecule has 18 heavy (non-hydrogen) atoms. The van der Waals surface area contributed by atoms with Gasteiger partial charge in [-0.15, -0.1) is 0 Å². The first-order chi connectivity index (χ1) is 8.51. The average molecular weight is 248 g/mol. The molecule has 0 radical (unpaired) electrons. The Hall–Kier alpha value is -1.09. The molecule has 0 saturated carbocycles. The maximum atomic E-state index is 9.37. The Morgan fingerprint density at radius 1 is 1.28 bits per heavy atom. The minimum atomic E-state index is 0.0915. The Balaban J connectivity index is 2.30. The molecule has 1 aromatic rings. The van der Waals surface area contributed by atoms with Gasteiger partial charge >= 0.3 is 0 Å². The van der Waals surface area contributed by atoms with E-state index in [0.29, 0.717) is 17.8 Å². The van der Waals surface area contributed by atoms with Gasteiger partial charge in [0.2, 0.25) is 0 Å². The van der Waals surface area contributed by atoms with Crippen LogP contribution < -0.4 is 4.90 Å². The normalized spacial score (nSPS) is 24.0. The predicted molar refractivity (Wildman–Crippen MR) is 74.8 cm³/mol. The number of hydrogen-bond acceptors (Lipinski definition) is 3. The lowest BCUT2D eigenvalue weighted by molar-refractivity contribution is 0.281. The molecule has 100 valence electrons. The van der Waals surface area contributed by atoms with Crippen LogP contribution in [0.4, 0.5) is 5.82 Å². The zero-order valence-corrected chi connectivity index (χ0v) is 11.8. The molecule has 1 aromatic heterocycles. The van der Waals surface area contributed by atoms with Gasteiger partial charge in [-0.3, -0.25) is 0 Å². The van der Waals surface area contributed by atoms with Crippen LogP contribution in [0.1, 0.15) is 44.9 Å². The van der Waals surface area contributed by atoms with E-state index < -0.39 is 0 Å². The van der Waals surface area contributed by atoms with Crippen molar-refractivity contribution in [3.63, 3.8) is 0 Å². The third kappa shape index (κ3) is 2.66. The molecule has 0 bridgehead atoms. The van der Waals surface area contributed by atoms with Crippen molar-refractivity contribution in [1.82, 2.24) is 4.98 Å². The molecule has 3 nitrogen and oxygen atoms in total. The van der Waals surface area contributed by atoms with E-state index in [1.807, 2.05) is 12.1 Å². The zero-order chi connectivity index (χ0) is 13.3. The second kappa shape index (κ2) is 5.27. The first-order valence-electron chi connectivity index (χ1n) is 6.88. The molecular formula is C15H24N2O. The smallest absolute Gasteiger partial charge is 0.129 e. The summed E-state index contributed by atoms with van der Waals surface area (Å²) < 4.78 is 0. The van der Waals surface area contributed by atoms with Crippen molar-refractivity contribution in [3.8, 4) is 0 Å². The van der Waals surface area contributed by atoms with Gasteiger partial charge in [-0.05, 0) is 35.4 Å². The summed E-state index contributed by atoms with van der Waals surface area (Å²) >= 11 is 0. The van der Waals surface area contributed by atoms with Crippen molar-refractivity contribution in [1.29, 1.82) is 0 Å². The second-order valence-electron chi connectivity index (χ2n) is 5.93. The summed E-state index contributed by atoms with van der Waals surface area (Å²) in [7, 11) is 0. The first-order valence-corrected chi connectivity index (χ1v) is 6.88. The summed E-state index contributed by atoms with van der Waals surface area (Å²) in [5.74, 6) is 2.85. The van der Waals surface area contributed by atoms with Crippen molar-refractivity contribution in [2.24, 2.45) is 11.8 Å². The molecule has 2 unspecified atom stereocenters. The monoisotopic (exact) mass is 248 g/mol. The van der Waals surface area contributed by atoms with Crippen LogP contribution in [-0.2, 0) is 6.61 Å². The fraction of sp³-hybridized carbons (Fsp3) is 0.667. The Bertz CT molecular complexity index is 407. The van der Waals surface area contributed by atoms with E-state index in [0.717, 1.165) is 30.2 Å². The Labute approximate surface area is 110 Å². The standard InChI is InChI=1S/C15H24N2O/c1-10(2)14-5-13(9-18)6-15(16-14)17-7-11(3)12(4)8-17/h5-6,10-12,18H,7-9H2,1-4H3. The molecular weight excluding hydrogens is 224 g/mol. The van der Waals surface area contributed by atoms with Gasteiger partial charge in [0.15, 0.2) is 0 Å². The highest BCUT2D eigenvalue weighted by Gasteiger charge is 2.27. The van der Waals surface area contributed by atoms with Crippen LogP contribution in [0, 0.1) is 11.8 Å². The van der Waals surface area contributed by atoms with E-state index in [9.17, 15) is 5.11 Å². The van der Waals surface area contributed by atoms with Gasteiger partial charge in [-0.2, -0.15) is 0 Å². The lowest BCUT2D eigenvalue weighted by Gasteiger charge is -2.20. The fourth-order valence-corrected chi connectivity index (χ4v) is 2.46. The third-order valence-corrected chi connectivity index (χ3v) is 3.98. The summed E-state index contributed by atoms with van der Waals surface area (Å²) in [6, 6.07) is 4.04. The summed E-state index contributed by atoms with van der Waals surface area (Å²) in [5, 5.41) is 9.37. The van der Waals surface area contributed by atoms with Crippen molar-refractivity contribution < 1.29 is 5.11 Å². The van der Waals surface area contributed by atoms with Crippen molar-refractivity contribution >= 4 is 5.82 Å². The van der Waals surface area contributed by atoms with Crippen molar-refractivity contribution in [3.05, 3.63) is 23.4 Å². The van der Waals surface area contributed by atoms with E-state index in [-0.39, 0.29) is 6.61 Å². The SMILES string of the molecule is CC(C)c1cc(CO)cc(N2CC(C)C(C)C2)n1. The van der Waals surface area contributed by atoms with Gasteiger partial charge in [-0.25, -0.2) is 4.98 Å². The lowest BCUT2D eigenvalue weighted by atomic mass is 10.0. The second-order valence-corrected chi connectivity index (χ2v) is 5.93. The molecule has 1 aliphatic rings. The summed E-state index contributed by atoms with van der Waals surface area (Å²) in [4.78, 5) is 7.09. The first kappa shape index (κ1) is 13.3. The van der Waals surface area contributed by atoms with E-state index >= 15 is 0 Å². The molecule has 2 rings (SSSR count). The highest BCUT2D eigenvalue weighted by atomic mass is 16.3. The molecule has 3 heteroatoms. The number of hydrogen-bond donors (Lipinski definition) is 1. The van der Waals surface area contributed by atoms with E-state index in [1.165, 1.54) is 0 Å². The van der Waals surface area contributed by atoms with Gasteiger partial charge in [-0.1, -0.05) is 27.7 Å². The van der Waals surface area contributed by atoms with Crippen LogP contribution in [-0.4, -0.2) is 23.2 Å². The maximum Gasteiger partial charge on any atom is 0.129 e. The van der Waals surface area contributed by atoms with E-state index in [1.54, 1.807) is 0 Å². The molecule has 0 amide bonds. The van der Waals surface area contributed by atoms with E-state index in [4.69, 9.17) is 4.98 Å². The number of anilines is 1. The van der Waals surface area contributed by atoms with Gasteiger partial charge in [0.05, 0.1) is 6.61 Å². The summed E-state index contributed by atoms with van der Waals surface area (Å²) in [6.45, 7) is 11.1. The Kier molecular flexibility index (Phi) is 3.91. The van der Waals surface area contributed by atoms with Gasteiger partial charge in [0, 0.05) is 18.8 Å². The number of rotatable bonds is 3. The Morgan fingerprint density at radius 3 is 2.39 bits per heavy atom. The van der Waals surface area contributed by atoms with Crippen LogP contribution in [0.5, 0.6) is 0 Å². The zero-order valence-electron chi connectivity index (χ0n) is 11.8. The van der Waals surface area contributed by atoms with Crippen molar-refractivity contribution in [2.45, 2.75) is 40.2 Å². The molecule has 1 fully saturated rings. The number of pyridine rings is 1. The summed E-state index contributed by atoms with van der Waals surface area (Å²) in [5.41, 5.74) is 2.04. The van der Waals surface area contributed by atoms with Crippen LogP contribution in [0.3, 0.4) is 0 Å². The maximum absolute atomic E-state index is 9.37. The molecule has 1 saturated heterocycles. The number of aliphatic hydroxyl groups is 1. The highest BCUT2D eigenvalue weighted by Crippen LogP contribution is 2.28. The van der Waals surface area contributed by atoms with Crippen LogP contribution >= 0.6 is 0 Å². The molecule has 1 aliphatic heterocycles. The lowest BCUT2D eigenvalue weighted by Crippen LogP contribution is -2.21. The molecule has 0 aliphatic carbocycles. The molecule has 0 aromatic carbocycles. The van der Waals surface area contributed by atoms with Crippen LogP contribution in [0.25, 0.3) is 0 Å². The Morgan fingerprint density at radius 2 is 1.89 bits per heavy atom. The number of nitrogens with zero attached hydrogens (tertiary/aromatic N) is 2. The number of aliphatic hydroxyl groups excluding tert-OH is 1. The van der Waals surface area contributed by atoms with Gasteiger partial charge in [0.1, 0.15) is 5.82 Å². The topological polar surface area (TPSA) is 36.4 Å². The van der Waals surface area contributed by atoms with E-state index in [2.05, 4.69) is 32.6 Å². The number of aromatic nitrogens is 1. The molecule has 2 atom stereocenters. The van der Waals surface area contributed by atoms with Crippen LogP contribution in [0.2, 0.25) is 0 Å². The minimum Gasteiger partial charge on any atom is -0.392 e. The third-order valence-electron chi connectivity index (χ3n) is 3.98.